The van der Waals surface area contributed by atoms with Crippen molar-refractivity contribution in [2.24, 2.45) is 0 Å². The van der Waals surface area contributed by atoms with E-state index in [4.69, 9.17) is 10.2 Å². The number of aryl methyl sites for hydroxylation is 1. The Morgan fingerprint density at radius 2 is 1.53 bits per heavy atom. The zero-order valence-electron chi connectivity index (χ0n) is 17.3. The average Bonchev–Trinajstić information content (AvgIpc) is 3.48. The van der Waals surface area contributed by atoms with Gasteiger partial charge < -0.3 is 0 Å². The lowest BCUT2D eigenvalue weighted by molar-refractivity contribution is 0.733. The molecule has 7 heteroatoms. The molecular weight excluding hydrogens is 398 g/mol. The molecule has 0 saturated carbocycles. The van der Waals surface area contributed by atoms with E-state index in [1.54, 1.807) is 17.1 Å². The van der Waals surface area contributed by atoms with Crippen molar-refractivity contribution < 1.29 is 0 Å². The number of nitrogens with zero attached hydrogens (tertiary/aromatic N) is 7. The first-order chi connectivity index (χ1) is 15.9. The Morgan fingerprint density at radius 1 is 0.750 bits per heavy atom. The largest absolute Gasteiger partial charge is 0.275 e. The highest BCUT2D eigenvalue weighted by Crippen LogP contribution is 2.45. The van der Waals surface area contributed by atoms with Gasteiger partial charge in [-0.15, -0.1) is 10.2 Å². The van der Waals surface area contributed by atoms with Gasteiger partial charge in [0.1, 0.15) is 12.0 Å². The van der Waals surface area contributed by atoms with Gasteiger partial charge in [0.2, 0.25) is 0 Å². The summed E-state index contributed by atoms with van der Waals surface area (Å²) in [5, 5.41) is 10.0. The van der Waals surface area contributed by atoms with Crippen molar-refractivity contribution in [2.45, 2.75) is 19.3 Å². The van der Waals surface area contributed by atoms with Crippen molar-refractivity contribution in [1.29, 1.82) is 0 Å². The van der Waals surface area contributed by atoms with Crippen molar-refractivity contribution in [2.75, 3.05) is 4.90 Å². The topological polar surface area (TPSA) is 64.7 Å². The molecule has 0 atom stereocenters. The maximum atomic E-state index is 5.14. The fourth-order valence-corrected chi connectivity index (χ4v) is 4.87. The lowest BCUT2D eigenvalue weighted by atomic mass is 9.93. The van der Waals surface area contributed by atoms with E-state index in [-0.39, 0.29) is 0 Å². The van der Waals surface area contributed by atoms with Crippen LogP contribution in [0, 0.1) is 0 Å². The minimum Gasteiger partial charge on any atom is -0.275 e. The molecule has 0 N–H and O–H groups in total. The molecule has 7 nitrogen and oxygen atoms in total. The molecule has 0 fully saturated rings. The summed E-state index contributed by atoms with van der Waals surface area (Å²) < 4.78 is 3.95. The fourth-order valence-electron chi connectivity index (χ4n) is 4.87. The Balaban J connectivity index is 1.42. The maximum Gasteiger partial charge on any atom is 0.165 e. The highest BCUT2D eigenvalue weighted by Gasteiger charge is 2.33. The van der Waals surface area contributed by atoms with Gasteiger partial charge in [0.25, 0.3) is 0 Å². The molecule has 32 heavy (non-hydrogen) atoms. The third kappa shape index (κ3) is 2.48. The Morgan fingerprint density at radius 3 is 2.41 bits per heavy atom. The summed E-state index contributed by atoms with van der Waals surface area (Å²) in [7, 11) is 0. The van der Waals surface area contributed by atoms with Crippen molar-refractivity contribution >= 4 is 17.3 Å². The van der Waals surface area contributed by atoms with Gasteiger partial charge in [-0.05, 0) is 36.1 Å². The first-order valence-corrected chi connectivity index (χ1v) is 10.7. The maximum absolute atomic E-state index is 5.14. The summed E-state index contributed by atoms with van der Waals surface area (Å²) in [4.78, 5) is 10.4. The van der Waals surface area contributed by atoms with E-state index in [1.165, 1.54) is 34.4 Å². The summed E-state index contributed by atoms with van der Waals surface area (Å²) in [5.74, 6) is 1.79. The predicted octanol–water partition coefficient (Wildman–Crippen LogP) is 4.32. The molecule has 154 valence electrons. The molecule has 2 aliphatic rings. The van der Waals surface area contributed by atoms with Crippen LogP contribution in [0.15, 0.2) is 79.5 Å². The normalized spacial score (nSPS) is 13.8. The standard InChI is InChI=1S/C25H19N7/c1-4-8-22-17(5-1)9-10-23-20-13-18-6-2-3-7-21(18)31(25(20)29-32(22)23)24-11-12-30(28-24)19-14-26-16-27-15-19/h1-8,11-12,14-16H,9-10,13H2. The SMILES string of the molecule is c1ccc2c(c1)Cc1c(nn3c1CCc1ccccc1-3)N2c1ccn(-c2cncnc2)n1. The molecule has 0 amide bonds. The van der Waals surface area contributed by atoms with Crippen LogP contribution in [0.1, 0.15) is 22.4 Å². The quantitative estimate of drug-likeness (QED) is 0.420. The number of rotatable bonds is 2. The first-order valence-electron chi connectivity index (χ1n) is 10.7. The number of anilines is 3. The van der Waals surface area contributed by atoms with Crippen LogP contribution in [-0.4, -0.2) is 29.5 Å². The third-order valence-corrected chi connectivity index (χ3v) is 6.35. The van der Waals surface area contributed by atoms with Gasteiger partial charge in [-0.1, -0.05) is 36.4 Å². The Bertz CT molecular complexity index is 1460. The number of benzene rings is 2. The van der Waals surface area contributed by atoms with Gasteiger partial charge >= 0.3 is 0 Å². The average molecular weight is 417 g/mol. The van der Waals surface area contributed by atoms with E-state index in [0.717, 1.165) is 42.3 Å². The second-order valence-electron chi connectivity index (χ2n) is 8.15. The summed E-state index contributed by atoms with van der Waals surface area (Å²) in [6.45, 7) is 0. The number of para-hydroxylation sites is 2. The molecule has 5 heterocycles. The van der Waals surface area contributed by atoms with Crippen molar-refractivity contribution in [3.63, 3.8) is 0 Å². The smallest absolute Gasteiger partial charge is 0.165 e. The van der Waals surface area contributed by atoms with Crippen LogP contribution in [0.4, 0.5) is 17.3 Å². The van der Waals surface area contributed by atoms with E-state index in [2.05, 4.69) is 68.1 Å². The predicted molar refractivity (Wildman–Crippen MR) is 121 cm³/mol. The van der Waals surface area contributed by atoms with E-state index in [9.17, 15) is 0 Å². The highest BCUT2D eigenvalue weighted by molar-refractivity contribution is 5.81. The number of hydrogen-bond donors (Lipinski definition) is 0. The van der Waals surface area contributed by atoms with E-state index in [1.807, 2.05) is 12.3 Å². The fraction of sp³-hybridized carbons (Fsp3) is 0.120. The Kier molecular flexibility index (Phi) is 3.60. The minimum absolute atomic E-state index is 0.822. The van der Waals surface area contributed by atoms with Crippen LogP contribution in [0.25, 0.3) is 11.4 Å². The van der Waals surface area contributed by atoms with Gasteiger partial charge in [-0.2, -0.15) is 0 Å². The number of hydrogen-bond acceptors (Lipinski definition) is 5. The van der Waals surface area contributed by atoms with E-state index >= 15 is 0 Å². The minimum atomic E-state index is 0.822. The van der Waals surface area contributed by atoms with E-state index in [0.29, 0.717) is 0 Å². The van der Waals surface area contributed by atoms with Gasteiger partial charge in [-0.25, -0.2) is 19.3 Å². The molecule has 0 radical (unpaired) electrons. The summed E-state index contributed by atoms with van der Waals surface area (Å²) in [5.41, 5.74) is 8.34. The van der Waals surface area contributed by atoms with E-state index < -0.39 is 0 Å². The van der Waals surface area contributed by atoms with Crippen LogP contribution in [0.3, 0.4) is 0 Å². The van der Waals surface area contributed by atoms with Crippen molar-refractivity contribution in [3.05, 3.63) is 102 Å². The summed E-state index contributed by atoms with van der Waals surface area (Å²) in [6, 6.07) is 19.1. The van der Waals surface area contributed by atoms with Crippen LogP contribution < -0.4 is 4.90 Å². The lowest BCUT2D eigenvalue weighted by Gasteiger charge is -2.28. The molecule has 0 aliphatic carbocycles. The van der Waals surface area contributed by atoms with Gasteiger partial charge in [0.05, 0.1) is 29.5 Å². The molecule has 3 aromatic heterocycles. The second-order valence-corrected chi connectivity index (χ2v) is 8.15. The lowest BCUT2D eigenvalue weighted by Crippen LogP contribution is -2.19. The molecule has 5 aromatic rings. The van der Waals surface area contributed by atoms with Crippen LogP contribution in [-0.2, 0) is 19.3 Å². The molecule has 7 rings (SSSR count). The first kappa shape index (κ1) is 17.4. The molecule has 0 unspecified atom stereocenters. The Labute approximate surface area is 184 Å². The summed E-state index contributed by atoms with van der Waals surface area (Å²) in [6.07, 6.45) is 9.89. The Hall–Kier alpha value is -4.26. The second kappa shape index (κ2) is 6.62. The van der Waals surface area contributed by atoms with Crippen LogP contribution in [0.2, 0.25) is 0 Å². The van der Waals surface area contributed by atoms with Crippen molar-refractivity contribution in [1.82, 2.24) is 29.5 Å². The molecule has 0 spiro atoms. The zero-order chi connectivity index (χ0) is 21.1. The van der Waals surface area contributed by atoms with Gasteiger partial charge in [0.15, 0.2) is 11.6 Å². The molecule has 2 aliphatic heterocycles. The number of aromatic nitrogens is 6. The van der Waals surface area contributed by atoms with Gasteiger partial charge in [0, 0.05) is 24.2 Å². The third-order valence-electron chi connectivity index (χ3n) is 6.35. The highest BCUT2D eigenvalue weighted by atomic mass is 15.4. The number of fused-ring (bicyclic) bond motifs is 6. The zero-order valence-corrected chi connectivity index (χ0v) is 17.3. The molecule has 0 saturated heterocycles. The van der Waals surface area contributed by atoms with Crippen LogP contribution >= 0.6 is 0 Å². The van der Waals surface area contributed by atoms with Crippen LogP contribution in [0.5, 0.6) is 0 Å². The van der Waals surface area contributed by atoms with Gasteiger partial charge in [-0.3, -0.25) is 4.90 Å². The molecule has 2 aromatic carbocycles. The molecule has 0 bridgehead atoms. The van der Waals surface area contributed by atoms with Crippen molar-refractivity contribution in [3.8, 4) is 11.4 Å². The molecular formula is C25H19N7. The monoisotopic (exact) mass is 417 g/mol. The summed E-state index contributed by atoms with van der Waals surface area (Å²) >= 11 is 0.